The molecule has 0 atom stereocenters. The number of nitrogens with two attached hydrogens (primary N) is 1. The number of nitro groups is 1. The molecule has 104 valence electrons. The molecule has 0 unspecified atom stereocenters. The van der Waals surface area contributed by atoms with Gasteiger partial charge < -0.3 is 11.1 Å². The molecule has 0 aromatic heterocycles. The van der Waals surface area contributed by atoms with Gasteiger partial charge in [-0.15, -0.1) is 0 Å². The fourth-order valence-electron chi connectivity index (χ4n) is 1.71. The molecule has 2 aromatic rings. The summed E-state index contributed by atoms with van der Waals surface area (Å²) in [6, 6.07) is 12.1. The molecule has 3 N–H and O–H groups in total. The maximum Gasteiger partial charge on any atom is 0.292 e. The number of carbonyl (C=O) groups is 1. The Morgan fingerprint density at radius 2 is 2.05 bits per heavy atom. The van der Waals surface area contributed by atoms with Gasteiger partial charge in [0.2, 0.25) is 0 Å². The average molecular weight is 282 g/mol. The predicted octanol–water partition coefficient (Wildman–Crippen LogP) is 2.30. The second-order valence-corrected chi connectivity index (χ2v) is 4.18. The predicted molar refractivity (Wildman–Crippen MR) is 76.6 cm³/mol. The van der Waals surface area contributed by atoms with Gasteiger partial charge in [-0.05, 0) is 30.3 Å². The van der Waals surface area contributed by atoms with Crippen LogP contribution in [0.2, 0.25) is 0 Å². The number of hydrogen-bond acceptors (Lipinski definition) is 5. The van der Waals surface area contributed by atoms with Crippen LogP contribution in [0.5, 0.6) is 0 Å². The van der Waals surface area contributed by atoms with Crippen LogP contribution in [-0.2, 0) is 0 Å². The zero-order chi connectivity index (χ0) is 15.4. The van der Waals surface area contributed by atoms with E-state index in [2.05, 4.69) is 5.32 Å². The normalized spacial score (nSPS) is 9.67. The molecule has 0 radical (unpaired) electrons. The summed E-state index contributed by atoms with van der Waals surface area (Å²) in [7, 11) is 0. The van der Waals surface area contributed by atoms with E-state index in [1.807, 2.05) is 6.07 Å². The molecule has 0 bridgehead atoms. The molecule has 0 saturated carbocycles. The molecule has 7 nitrogen and oxygen atoms in total. The van der Waals surface area contributed by atoms with Gasteiger partial charge in [0.05, 0.1) is 16.6 Å². The standard InChI is InChI=1S/C14H10N4O3/c15-8-9-2-1-3-11(6-9)17-14(19)10-4-5-12(16)13(7-10)18(20)21/h1-7H,16H2,(H,17,19). The molecule has 0 aliphatic rings. The number of nitro benzene ring substituents is 1. The third kappa shape index (κ3) is 3.13. The third-order valence-corrected chi connectivity index (χ3v) is 2.74. The maximum atomic E-state index is 12.0. The molecule has 1 amide bonds. The van der Waals surface area contributed by atoms with Crippen LogP contribution in [0.3, 0.4) is 0 Å². The minimum atomic E-state index is -0.650. The molecule has 0 saturated heterocycles. The summed E-state index contributed by atoms with van der Waals surface area (Å²) >= 11 is 0. The lowest BCUT2D eigenvalue weighted by atomic mass is 10.1. The van der Waals surface area contributed by atoms with Gasteiger partial charge in [0, 0.05) is 17.3 Å². The summed E-state index contributed by atoms with van der Waals surface area (Å²) in [6.45, 7) is 0. The van der Waals surface area contributed by atoms with E-state index >= 15 is 0 Å². The van der Waals surface area contributed by atoms with E-state index in [4.69, 9.17) is 11.0 Å². The average Bonchev–Trinajstić information content (AvgIpc) is 2.47. The van der Waals surface area contributed by atoms with Gasteiger partial charge in [-0.1, -0.05) is 6.07 Å². The highest BCUT2D eigenvalue weighted by Crippen LogP contribution is 2.23. The van der Waals surface area contributed by atoms with Crippen molar-refractivity contribution >= 4 is 23.0 Å². The molecular formula is C14H10N4O3. The molecule has 0 aliphatic carbocycles. The van der Waals surface area contributed by atoms with Crippen molar-refractivity contribution < 1.29 is 9.72 Å². The van der Waals surface area contributed by atoms with Crippen LogP contribution in [0.25, 0.3) is 0 Å². The van der Waals surface area contributed by atoms with Crippen molar-refractivity contribution in [2.45, 2.75) is 0 Å². The Hall–Kier alpha value is -3.40. The second kappa shape index (κ2) is 5.71. The minimum Gasteiger partial charge on any atom is -0.393 e. The molecule has 0 heterocycles. The first-order valence-electron chi connectivity index (χ1n) is 5.86. The van der Waals surface area contributed by atoms with Crippen molar-refractivity contribution in [2.75, 3.05) is 11.1 Å². The van der Waals surface area contributed by atoms with E-state index in [1.54, 1.807) is 18.2 Å². The van der Waals surface area contributed by atoms with Gasteiger partial charge in [-0.3, -0.25) is 14.9 Å². The van der Waals surface area contributed by atoms with Gasteiger partial charge in [-0.2, -0.15) is 5.26 Å². The lowest BCUT2D eigenvalue weighted by Crippen LogP contribution is -2.12. The van der Waals surface area contributed by atoms with Gasteiger partial charge in [-0.25, -0.2) is 0 Å². The van der Waals surface area contributed by atoms with Crippen molar-refractivity contribution in [2.24, 2.45) is 0 Å². The van der Waals surface area contributed by atoms with Gasteiger partial charge in [0.1, 0.15) is 5.69 Å². The summed E-state index contributed by atoms with van der Waals surface area (Å²) in [5, 5.41) is 22.2. The Kier molecular flexibility index (Phi) is 3.81. The topological polar surface area (TPSA) is 122 Å². The first-order valence-corrected chi connectivity index (χ1v) is 5.86. The van der Waals surface area contributed by atoms with Crippen LogP contribution in [0, 0.1) is 21.4 Å². The van der Waals surface area contributed by atoms with E-state index in [9.17, 15) is 14.9 Å². The number of nitrogens with zero attached hydrogens (tertiary/aromatic N) is 2. The number of hydrogen-bond donors (Lipinski definition) is 2. The highest BCUT2D eigenvalue weighted by molar-refractivity contribution is 6.05. The molecule has 0 aliphatic heterocycles. The quantitative estimate of drug-likeness (QED) is 0.508. The van der Waals surface area contributed by atoms with E-state index in [1.165, 1.54) is 18.2 Å². The fraction of sp³-hybridized carbons (Fsp3) is 0. The summed E-state index contributed by atoms with van der Waals surface area (Å²) < 4.78 is 0. The SMILES string of the molecule is N#Cc1cccc(NC(=O)c2ccc(N)c([N+](=O)[O-])c2)c1. The van der Waals surface area contributed by atoms with Crippen LogP contribution < -0.4 is 11.1 Å². The smallest absolute Gasteiger partial charge is 0.292 e. The van der Waals surface area contributed by atoms with Crippen LogP contribution in [0.1, 0.15) is 15.9 Å². The molecule has 0 fully saturated rings. The zero-order valence-electron chi connectivity index (χ0n) is 10.7. The zero-order valence-corrected chi connectivity index (χ0v) is 10.7. The van der Waals surface area contributed by atoms with Crippen molar-refractivity contribution in [1.29, 1.82) is 5.26 Å². The molecule has 2 rings (SSSR count). The summed E-state index contributed by atoms with van der Waals surface area (Å²) in [4.78, 5) is 22.2. The highest BCUT2D eigenvalue weighted by atomic mass is 16.6. The summed E-state index contributed by atoms with van der Waals surface area (Å²) in [6.07, 6.45) is 0. The molecular weight excluding hydrogens is 272 g/mol. The number of nitriles is 1. The van der Waals surface area contributed by atoms with E-state index in [0.717, 1.165) is 6.07 Å². The third-order valence-electron chi connectivity index (χ3n) is 2.74. The first kappa shape index (κ1) is 14.0. The second-order valence-electron chi connectivity index (χ2n) is 4.18. The minimum absolute atomic E-state index is 0.0111. The van der Waals surface area contributed by atoms with Crippen LogP contribution in [0.4, 0.5) is 17.1 Å². The summed E-state index contributed by atoms with van der Waals surface area (Å²) in [5.41, 5.74) is 6.07. The number of carbonyl (C=O) groups excluding carboxylic acids is 1. The molecule has 7 heteroatoms. The lowest BCUT2D eigenvalue weighted by molar-refractivity contribution is -0.383. The van der Waals surface area contributed by atoms with Gasteiger partial charge >= 0.3 is 0 Å². The maximum absolute atomic E-state index is 12.0. The van der Waals surface area contributed by atoms with Gasteiger partial charge in [0.25, 0.3) is 11.6 Å². The molecule has 21 heavy (non-hydrogen) atoms. The van der Waals surface area contributed by atoms with E-state index < -0.39 is 10.8 Å². The van der Waals surface area contributed by atoms with Crippen LogP contribution in [-0.4, -0.2) is 10.8 Å². The lowest BCUT2D eigenvalue weighted by Gasteiger charge is -2.06. The Balaban J connectivity index is 2.26. The Bertz CT molecular complexity index is 765. The number of nitrogens with one attached hydrogen (secondary N) is 1. The number of amides is 1. The first-order chi connectivity index (χ1) is 10.0. The number of benzene rings is 2. The Morgan fingerprint density at radius 3 is 2.71 bits per heavy atom. The van der Waals surface area contributed by atoms with Crippen molar-refractivity contribution in [1.82, 2.24) is 0 Å². The fourth-order valence-corrected chi connectivity index (χ4v) is 1.71. The summed E-state index contributed by atoms with van der Waals surface area (Å²) in [5.74, 6) is -0.520. The van der Waals surface area contributed by atoms with Crippen LogP contribution >= 0.6 is 0 Å². The van der Waals surface area contributed by atoms with Crippen molar-refractivity contribution in [3.63, 3.8) is 0 Å². The number of nitrogen functional groups attached to an aromatic ring is 1. The Labute approximate surface area is 119 Å². The molecule has 0 spiro atoms. The number of rotatable bonds is 3. The van der Waals surface area contributed by atoms with Crippen molar-refractivity contribution in [3.05, 3.63) is 63.7 Å². The van der Waals surface area contributed by atoms with Crippen molar-refractivity contribution in [3.8, 4) is 6.07 Å². The van der Waals surface area contributed by atoms with E-state index in [0.29, 0.717) is 11.3 Å². The van der Waals surface area contributed by atoms with Crippen LogP contribution in [0.15, 0.2) is 42.5 Å². The largest absolute Gasteiger partial charge is 0.393 e. The monoisotopic (exact) mass is 282 g/mol. The van der Waals surface area contributed by atoms with Gasteiger partial charge in [0.15, 0.2) is 0 Å². The Morgan fingerprint density at radius 1 is 1.29 bits per heavy atom. The van der Waals surface area contributed by atoms with E-state index in [-0.39, 0.29) is 16.9 Å². The molecule has 2 aromatic carbocycles. The number of anilines is 2. The highest BCUT2D eigenvalue weighted by Gasteiger charge is 2.15.